The molecule has 2 atom stereocenters. The van der Waals surface area contributed by atoms with Crippen LogP contribution in [0.3, 0.4) is 0 Å². The molecule has 1 aliphatic rings. The normalized spacial score (nSPS) is 20.9. The smallest absolute Gasteiger partial charge is 0.133 e. The molecule has 2 aromatic carbocycles. The Bertz CT molecular complexity index is 627. The second-order valence-electron chi connectivity index (χ2n) is 4.79. The van der Waals surface area contributed by atoms with E-state index in [4.69, 9.17) is 9.47 Å². The molecule has 1 aliphatic heterocycles. The standard InChI is InChI=1S/C16H15BrO3/c1-19-15-7-6-10(8-12(15)17)16-9-13(18)11-4-2-3-5-14(11)20-16/h2-8,13,16,18H,9H2,1H3. The minimum Gasteiger partial charge on any atom is -0.496 e. The summed E-state index contributed by atoms with van der Waals surface area (Å²) >= 11 is 3.48. The Morgan fingerprint density at radius 1 is 1.25 bits per heavy atom. The topological polar surface area (TPSA) is 38.7 Å². The molecule has 0 fully saturated rings. The van der Waals surface area contributed by atoms with Crippen molar-refractivity contribution in [2.75, 3.05) is 7.11 Å². The van der Waals surface area contributed by atoms with E-state index in [0.29, 0.717) is 6.42 Å². The van der Waals surface area contributed by atoms with Crippen molar-refractivity contribution in [3.05, 3.63) is 58.1 Å². The van der Waals surface area contributed by atoms with Gasteiger partial charge in [-0.2, -0.15) is 0 Å². The number of hydrogen-bond donors (Lipinski definition) is 1. The first-order valence-electron chi connectivity index (χ1n) is 6.46. The number of benzene rings is 2. The van der Waals surface area contributed by atoms with Gasteiger partial charge in [-0.25, -0.2) is 0 Å². The maximum absolute atomic E-state index is 10.2. The summed E-state index contributed by atoms with van der Waals surface area (Å²) in [6.45, 7) is 0. The number of para-hydroxylation sites is 1. The molecule has 1 heterocycles. The van der Waals surface area contributed by atoms with Crippen LogP contribution < -0.4 is 9.47 Å². The lowest BCUT2D eigenvalue weighted by Crippen LogP contribution is -2.18. The van der Waals surface area contributed by atoms with Gasteiger partial charge in [0.2, 0.25) is 0 Å². The number of ether oxygens (including phenoxy) is 2. The van der Waals surface area contributed by atoms with Crippen LogP contribution in [0.2, 0.25) is 0 Å². The van der Waals surface area contributed by atoms with E-state index in [1.807, 2.05) is 42.5 Å². The summed E-state index contributed by atoms with van der Waals surface area (Å²) in [4.78, 5) is 0. The molecule has 0 aliphatic carbocycles. The number of aliphatic hydroxyl groups excluding tert-OH is 1. The third-order valence-electron chi connectivity index (χ3n) is 3.53. The van der Waals surface area contributed by atoms with E-state index in [-0.39, 0.29) is 6.10 Å². The van der Waals surface area contributed by atoms with Crippen LogP contribution in [-0.4, -0.2) is 12.2 Å². The van der Waals surface area contributed by atoms with Gasteiger partial charge in [-0.1, -0.05) is 24.3 Å². The summed E-state index contributed by atoms with van der Waals surface area (Å²) < 4.78 is 12.1. The number of methoxy groups -OCH3 is 1. The van der Waals surface area contributed by atoms with Gasteiger partial charge in [-0.3, -0.25) is 0 Å². The van der Waals surface area contributed by atoms with Crippen LogP contribution in [0.5, 0.6) is 11.5 Å². The fourth-order valence-electron chi connectivity index (χ4n) is 2.48. The molecular weight excluding hydrogens is 320 g/mol. The lowest BCUT2D eigenvalue weighted by atomic mass is 9.95. The zero-order chi connectivity index (χ0) is 14.1. The SMILES string of the molecule is COc1ccc(C2CC(O)c3ccccc3O2)cc1Br. The number of fused-ring (bicyclic) bond motifs is 1. The molecule has 2 aromatic rings. The molecule has 0 saturated carbocycles. The lowest BCUT2D eigenvalue weighted by molar-refractivity contribution is 0.0657. The van der Waals surface area contributed by atoms with E-state index < -0.39 is 6.10 Å². The first-order chi connectivity index (χ1) is 9.69. The van der Waals surface area contributed by atoms with Gasteiger partial charge in [-0.15, -0.1) is 0 Å². The van der Waals surface area contributed by atoms with Gasteiger partial charge in [0.05, 0.1) is 17.7 Å². The highest BCUT2D eigenvalue weighted by Crippen LogP contribution is 2.41. The van der Waals surface area contributed by atoms with Gasteiger partial charge in [0.25, 0.3) is 0 Å². The van der Waals surface area contributed by atoms with Gasteiger partial charge in [0.1, 0.15) is 17.6 Å². The van der Waals surface area contributed by atoms with Crippen molar-refractivity contribution in [1.29, 1.82) is 0 Å². The average molecular weight is 335 g/mol. The second-order valence-corrected chi connectivity index (χ2v) is 5.64. The maximum Gasteiger partial charge on any atom is 0.133 e. The summed E-state index contributed by atoms with van der Waals surface area (Å²) in [5, 5.41) is 10.2. The Kier molecular flexibility index (Phi) is 3.68. The van der Waals surface area contributed by atoms with E-state index in [1.54, 1.807) is 7.11 Å². The summed E-state index contributed by atoms with van der Waals surface area (Å²) in [5.41, 5.74) is 1.88. The summed E-state index contributed by atoms with van der Waals surface area (Å²) in [5.74, 6) is 1.54. The highest BCUT2D eigenvalue weighted by molar-refractivity contribution is 9.10. The van der Waals surface area contributed by atoms with Gasteiger partial charge >= 0.3 is 0 Å². The van der Waals surface area contributed by atoms with E-state index in [2.05, 4.69) is 15.9 Å². The maximum atomic E-state index is 10.2. The van der Waals surface area contributed by atoms with E-state index in [9.17, 15) is 5.11 Å². The van der Waals surface area contributed by atoms with Crippen molar-refractivity contribution < 1.29 is 14.6 Å². The number of halogens is 1. The van der Waals surface area contributed by atoms with Gasteiger partial charge in [0.15, 0.2) is 0 Å². The molecule has 0 amide bonds. The number of rotatable bonds is 2. The first-order valence-corrected chi connectivity index (χ1v) is 7.25. The molecule has 0 spiro atoms. The molecule has 104 valence electrons. The minimum absolute atomic E-state index is 0.151. The average Bonchev–Trinajstić information content (AvgIpc) is 2.47. The van der Waals surface area contributed by atoms with Crippen LogP contribution in [0.25, 0.3) is 0 Å². The molecule has 0 bridgehead atoms. The van der Waals surface area contributed by atoms with Gasteiger partial charge in [-0.05, 0) is 39.7 Å². The first kappa shape index (κ1) is 13.5. The van der Waals surface area contributed by atoms with Crippen LogP contribution in [-0.2, 0) is 0 Å². The molecule has 3 rings (SSSR count). The Hall–Kier alpha value is -1.52. The van der Waals surface area contributed by atoms with Gasteiger partial charge < -0.3 is 14.6 Å². The Balaban J connectivity index is 1.91. The summed E-state index contributed by atoms with van der Waals surface area (Å²) in [7, 11) is 1.64. The van der Waals surface area contributed by atoms with Crippen molar-refractivity contribution in [3.63, 3.8) is 0 Å². The third kappa shape index (κ3) is 2.41. The minimum atomic E-state index is -0.495. The molecule has 2 unspecified atom stereocenters. The second kappa shape index (κ2) is 5.46. The van der Waals surface area contributed by atoms with Gasteiger partial charge in [0, 0.05) is 12.0 Å². The highest BCUT2D eigenvalue weighted by atomic mass is 79.9. The predicted octanol–water partition coefficient (Wildman–Crippen LogP) is 4.01. The zero-order valence-electron chi connectivity index (χ0n) is 11.0. The van der Waals surface area contributed by atoms with Crippen LogP contribution in [0.4, 0.5) is 0 Å². The zero-order valence-corrected chi connectivity index (χ0v) is 12.6. The molecule has 0 aromatic heterocycles. The van der Waals surface area contributed by atoms with Crippen molar-refractivity contribution in [2.45, 2.75) is 18.6 Å². The monoisotopic (exact) mass is 334 g/mol. The fourth-order valence-corrected chi connectivity index (χ4v) is 3.04. The van der Waals surface area contributed by atoms with Crippen LogP contribution in [0.1, 0.15) is 29.8 Å². The van der Waals surface area contributed by atoms with Crippen LogP contribution in [0, 0.1) is 0 Å². The molecule has 0 radical (unpaired) electrons. The highest BCUT2D eigenvalue weighted by Gasteiger charge is 2.27. The largest absolute Gasteiger partial charge is 0.496 e. The van der Waals surface area contributed by atoms with Crippen LogP contribution in [0.15, 0.2) is 46.9 Å². The molecule has 4 heteroatoms. The number of aliphatic hydroxyl groups is 1. The lowest BCUT2D eigenvalue weighted by Gasteiger charge is -2.30. The third-order valence-corrected chi connectivity index (χ3v) is 4.15. The molecule has 20 heavy (non-hydrogen) atoms. The van der Waals surface area contributed by atoms with Crippen LogP contribution >= 0.6 is 15.9 Å². The summed E-state index contributed by atoms with van der Waals surface area (Å²) in [6, 6.07) is 13.5. The fraction of sp³-hybridized carbons (Fsp3) is 0.250. The molecule has 3 nitrogen and oxygen atoms in total. The number of hydrogen-bond acceptors (Lipinski definition) is 3. The van der Waals surface area contributed by atoms with E-state index >= 15 is 0 Å². The van der Waals surface area contributed by atoms with Crippen molar-refractivity contribution >= 4 is 15.9 Å². The quantitative estimate of drug-likeness (QED) is 0.901. The summed E-state index contributed by atoms with van der Waals surface area (Å²) in [6.07, 6.45) is -0.0941. The van der Waals surface area contributed by atoms with E-state index in [0.717, 1.165) is 27.1 Å². The van der Waals surface area contributed by atoms with Crippen molar-refractivity contribution in [3.8, 4) is 11.5 Å². The van der Waals surface area contributed by atoms with Crippen molar-refractivity contribution in [1.82, 2.24) is 0 Å². The Labute approximate surface area is 126 Å². The Morgan fingerprint density at radius 3 is 2.80 bits per heavy atom. The predicted molar refractivity (Wildman–Crippen MR) is 80.1 cm³/mol. The molecule has 0 saturated heterocycles. The molecular formula is C16H15BrO3. The van der Waals surface area contributed by atoms with Crippen molar-refractivity contribution in [2.24, 2.45) is 0 Å². The Morgan fingerprint density at radius 2 is 2.05 bits per heavy atom. The van der Waals surface area contributed by atoms with E-state index in [1.165, 1.54) is 0 Å². The molecule has 1 N–H and O–H groups in total.